The largest absolute Gasteiger partial charge is 0.379 e. The van der Waals surface area contributed by atoms with Gasteiger partial charge in [0.2, 0.25) is 0 Å². The molecule has 0 heterocycles. The molecule has 0 radical (unpaired) electrons. The second-order valence-electron chi connectivity index (χ2n) is 7.75. The molecule has 0 aliphatic heterocycles. The van der Waals surface area contributed by atoms with Gasteiger partial charge in [-0.25, -0.2) is 0 Å². The zero-order chi connectivity index (χ0) is 22.4. The molecular formula is C28H24ClNO2. The van der Waals surface area contributed by atoms with E-state index in [4.69, 9.17) is 11.6 Å². The lowest BCUT2D eigenvalue weighted by Crippen LogP contribution is -2.44. The summed E-state index contributed by atoms with van der Waals surface area (Å²) in [6.45, 7) is 0.457. The van der Waals surface area contributed by atoms with E-state index in [1.54, 1.807) is 29.2 Å². The van der Waals surface area contributed by atoms with Crippen LogP contribution in [0.15, 0.2) is 115 Å². The molecule has 1 amide bonds. The van der Waals surface area contributed by atoms with Crippen molar-refractivity contribution in [1.82, 2.24) is 4.90 Å². The Balaban J connectivity index is 1.77. The Bertz CT molecular complexity index is 1150. The molecule has 4 heteroatoms. The molecule has 0 aromatic heterocycles. The van der Waals surface area contributed by atoms with Crippen LogP contribution >= 0.6 is 11.6 Å². The Hall–Kier alpha value is -3.40. The van der Waals surface area contributed by atoms with Crippen molar-refractivity contribution in [3.63, 3.8) is 0 Å². The van der Waals surface area contributed by atoms with Gasteiger partial charge in [-0.05, 0) is 41.0 Å². The van der Waals surface area contributed by atoms with Gasteiger partial charge in [0.25, 0.3) is 5.91 Å². The molecule has 0 spiro atoms. The average Bonchev–Trinajstić information content (AvgIpc) is 2.85. The molecule has 4 aromatic carbocycles. The molecule has 0 aliphatic rings. The molecular weight excluding hydrogens is 418 g/mol. The predicted molar refractivity (Wildman–Crippen MR) is 129 cm³/mol. The summed E-state index contributed by atoms with van der Waals surface area (Å²) in [5.41, 5.74) is 1.54. The van der Waals surface area contributed by atoms with Gasteiger partial charge in [-0.15, -0.1) is 0 Å². The van der Waals surface area contributed by atoms with Crippen LogP contribution in [0.5, 0.6) is 0 Å². The zero-order valence-electron chi connectivity index (χ0n) is 17.6. The molecule has 0 saturated carbocycles. The van der Waals surface area contributed by atoms with Crippen LogP contribution in [-0.4, -0.2) is 22.5 Å². The highest BCUT2D eigenvalue weighted by atomic mass is 35.5. The summed E-state index contributed by atoms with van der Waals surface area (Å²) in [5.74, 6) is -0.141. The molecule has 1 atom stereocenters. The number of aliphatic hydroxyl groups is 1. The van der Waals surface area contributed by atoms with Crippen molar-refractivity contribution in [2.75, 3.05) is 6.54 Å². The molecule has 0 unspecified atom stereocenters. The van der Waals surface area contributed by atoms with E-state index < -0.39 is 5.60 Å². The van der Waals surface area contributed by atoms with E-state index in [0.29, 0.717) is 28.3 Å². The van der Waals surface area contributed by atoms with Gasteiger partial charge < -0.3 is 10.0 Å². The molecule has 0 bridgehead atoms. The highest BCUT2D eigenvalue weighted by Gasteiger charge is 2.35. The summed E-state index contributed by atoms with van der Waals surface area (Å²) in [6.07, 6.45) is 0. The Kier molecular flexibility index (Phi) is 6.69. The number of rotatable bonds is 7. The molecule has 0 fully saturated rings. The van der Waals surface area contributed by atoms with Crippen LogP contribution in [-0.2, 0) is 12.1 Å². The van der Waals surface area contributed by atoms with E-state index >= 15 is 0 Å². The van der Waals surface area contributed by atoms with Crippen LogP contribution in [0.1, 0.15) is 27.0 Å². The summed E-state index contributed by atoms with van der Waals surface area (Å²) in [6, 6.07) is 35.5. The quantitative estimate of drug-likeness (QED) is 0.386. The summed E-state index contributed by atoms with van der Waals surface area (Å²) in [5, 5.41) is 12.6. The SMILES string of the molecule is O=C(c1ccccc1)N(Cc1ccccc1)C[C@@](O)(c1ccccc1)c1ccc(Cl)cc1. The fraction of sp³-hybridized carbons (Fsp3) is 0.107. The topological polar surface area (TPSA) is 40.5 Å². The van der Waals surface area contributed by atoms with Gasteiger partial charge in [0.05, 0.1) is 6.54 Å². The first-order valence-electron chi connectivity index (χ1n) is 10.5. The van der Waals surface area contributed by atoms with Gasteiger partial charge in [-0.2, -0.15) is 0 Å². The van der Waals surface area contributed by atoms with E-state index in [-0.39, 0.29) is 12.5 Å². The van der Waals surface area contributed by atoms with Gasteiger partial charge in [0.1, 0.15) is 5.60 Å². The highest BCUT2D eigenvalue weighted by Crippen LogP contribution is 2.32. The molecule has 0 aliphatic carbocycles. The highest BCUT2D eigenvalue weighted by molar-refractivity contribution is 6.30. The van der Waals surface area contributed by atoms with E-state index in [1.165, 1.54) is 0 Å². The van der Waals surface area contributed by atoms with Gasteiger partial charge in [-0.3, -0.25) is 4.79 Å². The fourth-order valence-electron chi connectivity index (χ4n) is 3.83. The first-order chi connectivity index (χ1) is 15.6. The van der Waals surface area contributed by atoms with Crippen molar-refractivity contribution < 1.29 is 9.90 Å². The maximum absolute atomic E-state index is 13.5. The summed E-state index contributed by atoms with van der Waals surface area (Å²) in [7, 11) is 0. The summed E-state index contributed by atoms with van der Waals surface area (Å²) < 4.78 is 0. The van der Waals surface area contributed by atoms with Crippen molar-refractivity contribution in [3.8, 4) is 0 Å². The van der Waals surface area contributed by atoms with Gasteiger partial charge in [-0.1, -0.05) is 103 Å². The number of halogens is 1. The standard InChI is InChI=1S/C28H24ClNO2/c29-26-18-16-25(17-19-26)28(32,24-14-8-3-9-15-24)21-30(20-22-10-4-1-5-11-22)27(31)23-12-6-2-7-13-23/h1-19,32H,20-21H2/t28-/m1/s1. The summed E-state index contributed by atoms with van der Waals surface area (Å²) >= 11 is 6.11. The van der Waals surface area contributed by atoms with Crippen LogP contribution in [0.25, 0.3) is 0 Å². The zero-order valence-corrected chi connectivity index (χ0v) is 18.3. The van der Waals surface area contributed by atoms with Crippen molar-refractivity contribution in [2.24, 2.45) is 0 Å². The Morgan fingerprint density at radius 3 is 1.81 bits per heavy atom. The van der Waals surface area contributed by atoms with Crippen LogP contribution in [0.2, 0.25) is 5.02 Å². The van der Waals surface area contributed by atoms with Crippen LogP contribution in [0.3, 0.4) is 0 Å². The number of hydrogen-bond acceptors (Lipinski definition) is 2. The number of nitrogens with zero attached hydrogens (tertiary/aromatic N) is 1. The van der Waals surface area contributed by atoms with Crippen molar-refractivity contribution in [1.29, 1.82) is 0 Å². The monoisotopic (exact) mass is 441 g/mol. The summed E-state index contributed by atoms with van der Waals surface area (Å²) in [4.78, 5) is 15.2. The smallest absolute Gasteiger partial charge is 0.254 e. The molecule has 32 heavy (non-hydrogen) atoms. The first kappa shape index (κ1) is 21.8. The fourth-order valence-corrected chi connectivity index (χ4v) is 3.96. The molecule has 0 saturated heterocycles. The van der Waals surface area contributed by atoms with Gasteiger partial charge in [0.15, 0.2) is 0 Å². The van der Waals surface area contributed by atoms with E-state index in [9.17, 15) is 9.90 Å². The molecule has 4 aromatic rings. The van der Waals surface area contributed by atoms with E-state index in [0.717, 1.165) is 5.56 Å². The maximum atomic E-state index is 13.5. The minimum absolute atomic E-state index is 0.0846. The van der Waals surface area contributed by atoms with Gasteiger partial charge >= 0.3 is 0 Å². The lowest BCUT2D eigenvalue weighted by atomic mass is 9.85. The third kappa shape index (κ3) is 4.91. The van der Waals surface area contributed by atoms with Crippen molar-refractivity contribution in [2.45, 2.75) is 12.1 Å². The van der Waals surface area contributed by atoms with E-state index in [1.807, 2.05) is 91.0 Å². The normalized spacial score (nSPS) is 12.7. The number of hydrogen-bond donors (Lipinski definition) is 1. The number of carbonyl (C=O) groups is 1. The third-order valence-corrected chi connectivity index (χ3v) is 5.77. The second kappa shape index (κ2) is 9.82. The Labute approximate surface area is 193 Å². The number of carbonyl (C=O) groups excluding carboxylic acids is 1. The maximum Gasteiger partial charge on any atom is 0.254 e. The molecule has 3 nitrogen and oxygen atoms in total. The average molecular weight is 442 g/mol. The van der Waals surface area contributed by atoms with Gasteiger partial charge in [0, 0.05) is 17.1 Å². The lowest BCUT2D eigenvalue weighted by molar-refractivity contribution is 0.0275. The minimum Gasteiger partial charge on any atom is -0.379 e. The molecule has 4 rings (SSSR count). The molecule has 160 valence electrons. The number of amides is 1. The lowest BCUT2D eigenvalue weighted by Gasteiger charge is -2.35. The number of benzene rings is 4. The van der Waals surface area contributed by atoms with Crippen LogP contribution in [0, 0.1) is 0 Å². The predicted octanol–water partition coefficient (Wildman–Crippen LogP) is 5.92. The minimum atomic E-state index is -1.41. The first-order valence-corrected chi connectivity index (χ1v) is 10.9. The third-order valence-electron chi connectivity index (χ3n) is 5.52. The van der Waals surface area contributed by atoms with Crippen molar-refractivity contribution >= 4 is 17.5 Å². The Morgan fingerprint density at radius 1 is 0.719 bits per heavy atom. The van der Waals surface area contributed by atoms with E-state index in [2.05, 4.69) is 0 Å². The second-order valence-corrected chi connectivity index (χ2v) is 8.18. The van der Waals surface area contributed by atoms with Crippen molar-refractivity contribution in [3.05, 3.63) is 143 Å². The Morgan fingerprint density at radius 2 is 1.22 bits per heavy atom. The molecule has 1 N–H and O–H groups in total. The van der Waals surface area contributed by atoms with Crippen LogP contribution < -0.4 is 0 Å². The van der Waals surface area contributed by atoms with Crippen LogP contribution in [0.4, 0.5) is 0 Å².